The second-order valence-corrected chi connectivity index (χ2v) is 14.5. The normalized spacial score (nSPS) is 12.9. The molecule has 9 aromatic rings. The number of rotatable bonds is 5. The van der Waals surface area contributed by atoms with Gasteiger partial charge in [-0.3, -0.25) is 0 Å². The molecule has 0 saturated heterocycles. The van der Waals surface area contributed by atoms with Gasteiger partial charge in [0.1, 0.15) is 11.5 Å². The first-order valence-corrected chi connectivity index (χ1v) is 19.1. The van der Waals surface area contributed by atoms with E-state index in [-0.39, 0.29) is 0 Å². The van der Waals surface area contributed by atoms with E-state index in [1.165, 1.54) is 38.9 Å². The van der Waals surface area contributed by atoms with Crippen molar-refractivity contribution in [2.75, 3.05) is 0 Å². The Labute approximate surface area is 326 Å². The molecule has 1 aromatic heterocycles. The summed E-state index contributed by atoms with van der Waals surface area (Å²) in [6.07, 6.45) is 0. The van der Waals surface area contributed by atoms with Crippen LogP contribution in [0.25, 0.3) is 67.3 Å². The number of nitrogens with zero attached hydrogens (tertiary/aromatic N) is 2. The van der Waals surface area contributed by atoms with Crippen molar-refractivity contribution in [2.45, 2.75) is 5.41 Å². The maximum atomic E-state index is 6.57. The van der Waals surface area contributed by atoms with Gasteiger partial charge in [0.25, 0.3) is 0 Å². The molecule has 0 bridgehead atoms. The largest absolute Gasteiger partial charge is 0.457 e. The monoisotopic (exact) mass is 714 g/mol. The third kappa shape index (κ3) is 5.05. The summed E-state index contributed by atoms with van der Waals surface area (Å²) in [5, 5.41) is 0. The lowest BCUT2D eigenvalue weighted by atomic mass is 9.66. The van der Waals surface area contributed by atoms with E-state index < -0.39 is 5.41 Å². The van der Waals surface area contributed by atoms with Crippen LogP contribution in [0.3, 0.4) is 0 Å². The molecule has 0 radical (unpaired) electrons. The molecule has 1 aliphatic heterocycles. The van der Waals surface area contributed by atoms with Gasteiger partial charge in [0.05, 0.1) is 16.8 Å². The first-order valence-electron chi connectivity index (χ1n) is 19.1. The Morgan fingerprint density at radius 2 is 0.768 bits per heavy atom. The smallest absolute Gasteiger partial charge is 0.160 e. The van der Waals surface area contributed by atoms with Gasteiger partial charge in [0.2, 0.25) is 0 Å². The Morgan fingerprint density at radius 3 is 1.43 bits per heavy atom. The zero-order valence-corrected chi connectivity index (χ0v) is 30.4. The molecule has 1 spiro atoms. The van der Waals surface area contributed by atoms with Gasteiger partial charge in [-0.25, -0.2) is 9.97 Å². The Hall–Kier alpha value is -7.36. The molecule has 262 valence electrons. The van der Waals surface area contributed by atoms with Crippen LogP contribution in [0.4, 0.5) is 0 Å². The van der Waals surface area contributed by atoms with Gasteiger partial charge >= 0.3 is 0 Å². The zero-order valence-electron chi connectivity index (χ0n) is 30.4. The predicted octanol–water partition coefficient (Wildman–Crippen LogP) is 13.3. The van der Waals surface area contributed by atoms with Crippen LogP contribution in [0.1, 0.15) is 22.3 Å². The van der Waals surface area contributed by atoms with Gasteiger partial charge in [-0.2, -0.15) is 0 Å². The molecule has 0 N–H and O–H groups in total. The van der Waals surface area contributed by atoms with Crippen molar-refractivity contribution in [3.63, 3.8) is 0 Å². The minimum Gasteiger partial charge on any atom is -0.457 e. The molecule has 0 fully saturated rings. The molecule has 0 saturated carbocycles. The maximum absolute atomic E-state index is 6.57. The lowest BCUT2D eigenvalue weighted by Crippen LogP contribution is -2.32. The summed E-state index contributed by atoms with van der Waals surface area (Å²) in [5.74, 6) is 2.51. The highest BCUT2D eigenvalue weighted by Crippen LogP contribution is 2.62. The molecule has 2 heterocycles. The first-order chi connectivity index (χ1) is 27.7. The summed E-state index contributed by atoms with van der Waals surface area (Å²) in [6, 6.07) is 73.2. The second kappa shape index (κ2) is 12.9. The van der Waals surface area contributed by atoms with E-state index in [4.69, 9.17) is 14.7 Å². The molecule has 2 aliphatic rings. The van der Waals surface area contributed by atoms with Gasteiger partial charge in [-0.05, 0) is 80.9 Å². The van der Waals surface area contributed by atoms with Gasteiger partial charge in [-0.15, -0.1) is 0 Å². The summed E-state index contributed by atoms with van der Waals surface area (Å²) in [4.78, 5) is 10.1. The standard InChI is InChI=1S/C53H34N2O/c1-3-15-35(16-4-1)48-34-49(55-52(54-48)36-17-5-2-6-18-36)41-22-14-21-39(32-41)37-19-13-20-38(31-37)40-29-30-43-42-23-7-8-24-44(42)53(47(43)33-40)45-25-9-11-27-50(45)56-51-28-12-10-26-46(51)53/h1-34H. The predicted molar refractivity (Wildman–Crippen MR) is 227 cm³/mol. The Balaban J connectivity index is 1.03. The summed E-state index contributed by atoms with van der Waals surface area (Å²) >= 11 is 0. The van der Waals surface area contributed by atoms with E-state index in [0.717, 1.165) is 56.3 Å². The van der Waals surface area contributed by atoms with E-state index in [2.05, 4.69) is 170 Å². The molecule has 56 heavy (non-hydrogen) atoms. The molecule has 1 aliphatic carbocycles. The van der Waals surface area contributed by atoms with E-state index in [9.17, 15) is 0 Å². The maximum Gasteiger partial charge on any atom is 0.160 e. The van der Waals surface area contributed by atoms with Crippen LogP contribution in [0, 0.1) is 0 Å². The average molecular weight is 715 g/mol. The minimum absolute atomic E-state index is 0.506. The molecular formula is C53H34N2O. The quantitative estimate of drug-likeness (QED) is 0.178. The van der Waals surface area contributed by atoms with Gasteiger partial charge in [0, 0.05) is 27.8 Å². The molecule has 11 rings (SSSR count). The summed E-state index contributed by atoms with van der Waals surface area (Å²) in [7, 11) is 0. The van der Waals surface area contributed by atoms with E-state index in [1.54, 1.807) is 0 Å². The third-order valence-electron chi connectivity index (χ3n) is 11.4. The number of ether oxygens (including phenoxy) is 1. The Bertz CT molecular complexity index is 2850. The number of aromatic nitrogens is 2. The second-order valence-electron chi connectivity index (χ2n) is 14.5. The fraction of sp³-hybridized carbons (Fsp3) is 0.0189. The van der Waals surface area contributed by atoms with Crippen molar-refractivity contribution >= 4 is 0 Å². The molecule has 0 unspecified atom stereocenters. The van der Waals surface area contributed by atoms with E-state index in [0.29, 0.717) is 5.82 Å². The third-order valence-corrected chi connectivity index (χ3v) is 11.4. The van der Waals surface area contributed by atoms with Crippen LogP contribution < -0.4 is 4.74 Å². The number of fused-ring (bicyclic) bond motifs is 9. The van der Waals surface area contributed by atoms with Crippen LogP contribution in [-0.2, 0) is 5.41 Å². The van der Waals surface area contributed by atoms with E-state index in [1.807, 2.05) is 36.4 Å². The Morgan fingerprint density at radius 1 is 0.304 bits per heavy atom. The van der Waals surface area contributed by atoms with Crippen LogP contribution in [-0.4, -0.2) is 9.97 Å². The zero-order chi connectivity index (χ0) is 37.1. The summed E-state index contributed by atoms with van der Waals surface area (Å²) < 4.78 is 6.57. The lowest BCUT2D eigenvalue weighted by Gasteiger charge is -2.39. The highest BCUT2D eigenvalue weighted by Gasteiger charge is 2.51. The van der Waals surface area contributed by atoms with Gasteiger partial charge in [0.15, 0.2) is 5.82 Å². The van der Waals surface area contributed by atoms with E-state index >= 15 is 0 Å². The van der Waals surface area contributed by atoms with Crippen LogP contribution in [0.15, 0.2) is 206 Å². The fourth-order valence-corrected chi connectivity index (χ4v) is 8.84. The van der Waals surface area contributed by atoms with Gasteiger partial charge < -0.3 is 4.74 Å². The molecule has 3 heteroatoms. The number of para-hydroxylation sites is 2. The molecule has 3 nitrogen and oxygen atoms in total. The van der Waals surface area contributed by atoms with Crippen molar-refractivity contribution in [2.24, 2.45) is 0 Å². The molecule has 8 aromatic carbocycles. The molecule has 0 amide bonds. The fourth-order valence-electron chi connectivity index (χ4n) is 8.84. The molecular weight excluding hydrogens is 681 g/mol. The minimum atomic E-state index is -0.506. The van der Waals surface area contributed by atoms with Gasteiger partial charge in [-0.1, -0.05) is 170 Å². The van der Waals surface area contributed by atoms with Crippen molar-refractivity contribution < 1.29 is 4.74 Å². The number of hydrogen-bond donors (Lipinski definition) is 0. The number of benzene rings is 8. The van der Waals surface area contributed by atoms with Crippen LogP contribution in [0.5, 0.6) is 11.5 Å². The SMILES string of the molecule is c1ccc(-c2cc(-c3cccc(-c4cccc(-c5ccc6c(c5)C5(c7ccccc7Oc7ccccc75)c5ccccc5-6)c4)c3)nc(-c3ccccc3)n2)cc1. The molecule has 0 atom stereocenters. The lowest BCUT2D eigenvalue weighted by molar-refractivity contribution is 0.436. The summed E-state index contributed by atoms with van der Waals surface area (Å²) in [5.41, 5.74) is 16.4. The van der Waals surface area contributed by atoms with Crippen molar-refractivity contribution in [1.29, 1.82) is 0 Å². The summed E-state index contributed by atoms with van der Waals surface area (Å²) in [6.45, 7) is 0. The van der Waals surface area contributed by atoms with Crippen molar-refractivity contribution in [1.82, 2.24) is 9.97 Å². The van der Waals surface area contributed by atoms with Crippen molar-refractivity contribution in [3.8, 4) is 78.8 Å². The highest BCUT2D eigenvalue weighted by atomic mass is 16.5. The first kappa shape index (κ1) is 32.1. The average Bonchev–Trinajstić information content (AvgIpc) is 3.57. The van der Waals surface area contributed by atoms with Crippen LogP contribution in [0.2, 0.25) is 0 Å². The Kier molecular flexibility index (Phi) is 7.39. The number of hydrogen-bond acceptors (Lipinski definition) is 3. The highest BCUT2D eigenvalue weighted by molar-refractivity contribution is 5.90. The van der Waals surface area contributed by atoms with Crippen LogP contribution >= 0.6 is 0 Å². The topological polar surface area (TPSA) is 35.0 Å². The van der Waals surface area contributed by atoms with Crippen molar-refractivity contribution in [3.05, 3.63) is 229 Å².